The second-order valence-corrected chi connectivity index (χ2v) is 7.20. The zero-order valence-corrected chi connectivity index (χ0v) is 14.7. The van der Waals surface area contributed by atoms with Crippen molar-refractivity contribution in [2.45, 2.75) is 49.7 Å². The van der Waals surface area contributed by atoms with Gasteiger partial charge < -0.3 is 40.1 Å². The first-order valence-electron chi connectivity index (χ1n) is 8.68. The summed E-state index contributed by atoms with van der Waals surface area (Å²) in [6, 6.07) is 4.45. The summed E-state index contributed by atoms with van der Waals surface area (Å²) < 4.78 is 10.8. The zero-order valence-electron chi connectivity index (χ0n) is 14.7. The maximum atomic E-state index is 12.4. The van der Waals surface area contributed by atoms with Crippen molar-refractivity contribution in [1.82, 2.24) is 0 Å². The predicted molar refractivity (Wildman–Crippen MR) is 89.8 cm³/mol. The number of carbonyl (C=O) groups is 1. The van der Waals surface area contributed by atoms with Gasteiger partial charge in [0.05, 0.1) is 24.4 Å². The predicted octanol–water partition coefficient (Wildman–Crippen LogP) is -1.38. The smallest absolute Gasteiger partial charge is 0.186 e. The molecule has 1 fully saturated rings. The summed E-state index contributed by atoms with van der Waals surface area (Å²) in [6.45, 7) is 0.715. The van der Waals surface area contributed by atoms with Crippen LogP contribution in [0, 0.1) is 5.92 Å². The van der Waals surface area contributed by atoms with Gasteiger partial charge in [-0.05, 0) is 18.6 Å². The number of hydrogen-bond acceptors (Lipinski definition) is 9. The third-order valence-corrected chi connectivity index (χ3v) is 5.40. The molecule has 6 N–H and O–H groups in total. The molecule has 0 aromatic heterocycles. The molecule has 1 aliphatic heterocycles. The minimum Gasteiger partial charge on any atom is -0.507 e. The highest BCUT2D eigenvalue weighted by molar-refractivity contribution is 6.01. The number of Topliss-reactive ketones (excluding diaryl/α,β-unsaturated/α-hetero) is 1. The Hall–Kier alpha value is -1.59. The highest BCUT2D eigenvalue weighted by Crippen LogP contribution is 2.42. The topological polar surface area (TPSA) is 157 Å². The molecule has 0 radical (unpaired) electrons. The summed E-state index contributed by atoms with van der Waals surface area (Å²) in [5.41, 5.74) is -1.14. The van der Waals surface area contributed by atoms with Crippen LogP contribution < -0.4 is 0 Å². The maximum absolute atomic E-state index is 12.4. The second kappa shape index (κ2) is 7.44. The minimum absolute atomic E-state index is 0.0755. The van der Waals surface area contributed by atoms with Gasteiger partial charge in [0.2, 0.25) is 0 Å². The fourth-order valence-electron chi connectivity index (χ4n) is 3.64. The average molecular weight is 384 g/mol. The normalized spacial score (nSPS) is 39.3. The quantitative estimate of drug-likeness (QED) is 0.368. The van der Waals surface area contributed by atoms with E-state index in [-0.39, 0.29) is 35.7 Å². The van der Waals surface area contributed by atoms with Crippen LogP contribution in [0.4, 0.5) is 0 Å². The molecular formula is C18H24O9. The van der Waals surface area contributed by atoms with Crippen LogP contribution in [0.1, 0.15) is 29.3 Å². The summed E-state index contributed by atoms with van der Waals surface area (Å²) in [7, 11) is 0. The van der Waals surface area contributed by atoms with Crippen molar-refractivity contribution in [2.75, 3.05) is 13.2 Å². The average Bonchev–Trinajstić information content (AvgIpc) is 2.63. The van der Waals surface area contributed by atoms with Crippen molar-refractivity contribution in [3.63, 3.8) is 0 Å². The van der Waals surface area contributed by atoms with Crippen LogP contribution in [0.25, 0.3) is 0 Å². The molecule has 0 saturated carbocycles. The molecule has 9 nitrogen and oxygen atoms in total. The van der Waals surface area contributed by atoms with E-state index in [1.807, 2.05) is 0 Å². The van der Waals surface area contributed by atoms with Gasteiger partial charge in [0.25, 0.3) is 0 Å². The molecule has 3 rings (SSSR count). The number of rotatable bonds is 4. The van der Waals surface area contributed by atoms with Crippen molar-refractivity contribution in [2.24, 2.45) is 5.92 Å². The van der Waals surface area contributed by atoms with Crippen molar-refractivity contribution < 1.29 is 44.9 Å². The molecule has 0 bridgehead atoms. The first-order chi connectivity index (χ1) is 12.7. The molecule has 2 aliphatic rings. The van der Waals surface area contributed by atoms with Gasteiger partial charge >= 0.3 is 0 Å². The van der Waals surface area contributed by atoms with Gasteiger partial charge in [-0.3, -0.25) is 4.79 Å². The van der Waals surface area contributed by atoms with Crippen LogP contribution in [0.2, 0.25) is 0 Å². The molecule has 27 heavy (non-hydrogen) atoms. The number of carbonyl (C=O) groups excluding carboxylic acids is 1. The molecule has 7 atom stereocenters. The number of phenolic OH excluding ortho intramolecular Hbond substituents is 1. The number of ketones is 1. The second-order valence-electron chi connectivity index (χ2n) is 7.20. The largest absolute Gasteiger partial charge is 0.507 e. The zero-order chi connectivity index (χ0) is 19.9. The Morgan fingerprint density at radius 3 is 2.59 bits per heavy atom. The lowest BCUT2D eigenvalue weighted by Crippen LogP contribution is -2.59. The molecule has 1 aromatic carbocycles. The standard InChI is InChI=1S/C18H24O9/c1-18(25)8(5-11(21)13-9(18)3-2-4-10(13)20)7-26-17-16(24)15(23)14(22)12(6-19)27-17/h2-4,8,12,14-17,19-20,22-25H,5-7H2,1H3/t8-,12-,14+,15-,16+,17-,18-/m0/s1. The van der Waals surface area contributed by atoms with E-state index < -0.39 is 48.8 Å². The van der Waals surface area contributed by atoms with Gasteiger partial charge in [-0.15, -0.1) is 0 Å². The number of ether oxygens (including phenoxy) is 2. The van der Waals surface area contributed by atoms with Crippen molar-refractivity contribution in [3.8, 4) is 5.75 Å². The Bertz CT molecular complexity index is 702. The van der Waals surface area contributed by atoms with Crippen LogP contribution in [0.5, 0.6) is 5.75 Å². The number of benzene rings is 1. The summed E-state index contributed by atoms with van der Waals surface area (Å²) >= 11 is 0. The third kappa shape index (κ3) is 3.47. The summed E-state index contributed by atoms with van der Waals surface area (Å²) in [5, 5.41) is 59.7. The van der Waals surface area contributed by atoms with E-state index in [0.717, 1.165) is 0 Å². The molecule has 1 saturated heterocycles. The fourth-order valence-corrected chi connectivity index (χ4v) is 3.64. The Balaban J connectivity index is 1.76. The molecule has 0 unspecified atom stereocenters. The van der Waals surface area contributed by atoms with E-state index >= 15 is 0 Å². The fraction of sp³-hybridized carbons (Fsp3) is 0.611. The number of aliphatic hydroxyl groups is 5. The minimum atomic E-state index is -1.58. The molecule has 1 aliphatic carbocycles. The monoisotopic (exact) mass is 384 g/mol. The van der Waals surface area contributed by atoms with E-state index in [1.165, 1.54) is 19.1 Å². The van der Waals surface area contributed by atoms with Crippen LogP contribution in [0.3, 0.4) is 0 Å². The Morgan fingerprint density at radius 2 is 1.93 bits per heavy atom. The van der Waals surface area contributed by atoms with Crippen molar-refractivity contribution in [1.29, 1.82) is 0 Å². The Kier molecular flexibility index (Phi) is 5.55. The van der Waals surface area contributed by atoms with Gasteiger partial charge in [-0.25, -0.2) is 0 Å². The van der Waals surface area contributed by atoms with E-state index in [4.69, 9.17) is 9.47 Å². The summed E-state index contributed by atoms with van der Waals surface area (Å²) in [6.07, 6.45) is -7.21. The molecule has 1 heterocycles. The lowest BCUT2D eigenvalue weighted by atomic mass is 9.72. The van der Waals surface area contributed by atoms with E-state index in [2.05, 4.69) is 0 Å². The number of aromatic hydroxyl groups is 1. The van der Waals surface area contributed by atoms with Gasteiger partial charge in [0, 0.05) is 12.3 Å². The number of phenols is 1. The molecule has 0 amide bonds. The van der Waals surface area contributed by atoms with E-state index in [0.29, 0.717) is 0 Å². The number of fused-ring (bicyclic) bond motifs is 1. The summed E-state index contributed by atoms with van der Waals surface area (Å²) in [5.74, 6) is -1.25. The van der Waals surface area contributed by atoms with Crippen LogP contribution in [-0.2, 0) is 15.1 Å². The highest BCUT2D eigenvalue weighted by Gasteiger charge is 2.47. The SMILES string of the molecule is C[C@@]1(O)c2cccc(O)c2C(=O)C[C@H]1CO[C@H]1O[C@@H](CO)[C@@H](O)[C@H](O)[C@H]1O. The van der Waals surface area contributed by atoms with Gasteiger partial charge in [0.15, 0.2) is 12.1 Å². The molecule has 0 spiro atoms. The Labute approximate surface area is 155 Å². The highest BCUT2D eigenvalue weighted by atomic mass is 16.7. The lowest BCUT2D eigenvalue weighted by Gasteiger charge is -2.42. The van der Waals surface area contributed by atoms with Crippen molar-refractivity contribution >= 4 is 5.78 Å². The summed E-state index contributed by atoms with van der Waals surface area (Å²) in [4.78, 5) is 12.4. The number of hydrogen-bond donors (Lipinski definition) is 6. The van der Waals surface area contributed by atoms with Gasteiger partial charge in [-0.1, -0.05) is 12.1 Å². The molecular weight excluding hydrogens is 360 g/mol. The third-order valence-electron chi connectivity index (χ3n) is 5.40. The molecule has 1 aromatic rings. The van der Waals surface area contributed by atoms with Crippen LogP contribution >= 0.6 is 0 Å². The van der Waals surface area contributed by atoms with Crippen LogP contribution in [-0.4, -0.2) is 80.3 Å². The Morgan fingerprint density at radius 1 is 1.22 bits per heavy atom. The van der Waals surface area contributed by atoms with E-state index in [1.54, 1.807) is 6.07 Å². The molecule has 150 valence electrons. The lowest BCUT2D eigenvalue weighted by molar-refractivity contribution is -0.305. The van der Waals surface area contributed by atoms with Gasteiger partial charge in [0.1, 0.15) is 30.2 Å². The van der Waals surface area contributed by atoms with Crippen LogP contribution in [0.15, 0.2) is 18.2 Å². The number of aliphatic hydroxyl groups excluding tert-OH is 4. The van der Waals surface area contributed by atoms with Gasteiger partial charge in [-0.2, -0.15) is 0 Å². The van der Waals surface area contributed by atoms with Crippen molar-refractivity contribution in [3.05, 3.63) is 29.3 Å². The first kappa shape index (κ1) is 20.2. The molecule has 9 heteroatoms. The maximum Gasteiger partial charge on any atom is 0.186 e. The van der Waals surface area contributed by atoms with E-state index in [9.17, 15) is 35.4 Å². The first-order valence-corrected chi connectivity index (χ1v) is 8.68.